The van der Waals surface area contributed by atoms with E-state index in [4.69, 9.17) is 0 Å². The van der Waals surface area contributed by atoms with Gasteiger partial charge in [0.15, 0.2) is 0 Å². The van der Waals surface area contributed by atoms with Gasteiger partial charge in [-0.05, 0) is 49.7 Å². The molecule has 0 saturated heterocycles. The molecule has 0 bridgehead atoms. The van der Waals surface area contributed by atoms with E-state index in [1.807, 2.05) is 13.0 Å². The second-order valence-corrected chi connectivity index (χ2v) is 7.44. The number of hydrogen-bond acceptors (Lipinski definition) is 5. The summed E-state index contributed by atoms with van der Waals surface area (Å²) in [7, 11) is 0. The van der Waals surface area contributed by atoms with Gasteiger partial charge in [-0.3, -0.25) is 19.7 Å². The average Bonchev–Trinajstić information content (AvgIpc) is 3.31. The highest BCUT2D eigenvalue weighted by Gasteiger charge is 2.35. The molecule has 33 heavy (non-hydrogen) atoms. The summed E-state index contributed by atoms with van der Waals surface area (Å²) in [5.74, 6) is -0.482. The van der Waals surface area contributed by atoms with Gasteiger partial charge in [-0.1, -0.05) is 6.07 Å². The van der Waals surface area contributed by atoms with Crippen LogP contribution in [-0.2, 0) is 6.18 Å². The van der Waals surface area contributed by atoms with Crippen LogP contribution in [0.3, 0.4) is 0 Å². The Bertz CT molecular complexity index is 1270. The molecule has 0 saturated carbocycles. The second-order valence-electron chi connectivity index (χ2n) is 7.44. The van der Waals surface area contributed by atoms with Crippen LogP contribution in [-0.4, -0.2) is 30.6 Å². The number of halogens is 3. The average molecular weight is 452 g/mol. The maximum Gasteiger partial charge on any atom is 0.433 e. The van der Waals surface area contributed by atoms with Crippen molar-refractivity contribution in [2.75, 3.05) is 0 Å². The molecule has 1 unspecified atom stereocenters. The standard InChI is InChI=1S/C23H19F3N6O/c1-14-3-4-19(29-12-14)16-9-17(22(33)31-15(2)20-13-27-7-8-28-20)11-18(10-16)32-21(5-6-30-32)23(24,25)26/h3-13,15H,1-2H3,(H,31,33). The molecule has 0 spiro atoms. The van der Waals surface area contributed by atoms with Gasteiger partial charge >= 0.3 is 6.18 Å². The zero-order valence-corrected chi connectivity index (χ0v) is 17.7. The molecule has 4 rings (SSSR count). The number of nitrogens with zero attached hydrogens (tertiary/aromatic N) is 5. The van der Waals surface area contributed by atoms with Gasteiger partial charge in [-0.15, -0.1) is 0 Å². The SMILES string of the molecule is Cc1ccc(-c2cc(C(=O)NC(C)c3cnccn3)cc(-n3nccc3C(F)(F)F)c2)nc1. The molecule has 3 aromatic heterocycles. The Balaban J connectivity index is 1.77. The highest BCUT2D eigenvalue weighted by molar-refractivity contribution is 5.96. The third-order valence-corrected chi connectivity index (χ3v) is 4.94. The van der Waals surface area contributed by atoms with Crippen LogP contribution in [0.4, 0.5) is 13.2 Å². The zero-order valence-electron chi connectivity index (χ0n) is 17.7. The minimum absolute atomic E-state index is 0.0875. The highest BCUT2D eigenvalue weighted by Crippen LogP contribution is 2.32. The summed E-state index contributed by atoms with van der Waals surface area (Å²) < 4.78 is 41.2. The van der Waals surface area contributed by atoms with Gasteiger partial charge in [0, 0.05) is 29.7 Å². The highest BCUT2D eigenvalue weighted by atomic mass is 19.4. The van der Waals surface area contributed by atoms with Crippen molar-refractivity contribution >= 4 is 5.91 Å². The number of carbonyl (C=O) groups is 1. The molecule has 1 N–H and O–H groups in total. The minimum atomic E-state index is -4.61. The number of alkyl halides is 3. The number of rotatable bonds is 5. The van der Waals surface area contributed by atoms with Gasteiger partial charge in [0.2, 0.25) is 0 Å². The van der Waals surface area contributed by atoms with Crippen molar-refractivity contribution in [3.63, 3.8) is 0 Å². The van der Waals surface area contributed by atoms with Gasteiger partial charge in [0.1, 0.15) is 5.69 Å². The molecule has 0 aliphatic rings. The molecule has 1 aromatic carbocycles. The number of benzene rings is 1. The maximum atomic E-state index is 13.5. The Morgan fingerprint density at radius 1 is 1.03 bits per heavy atom. The lowest BCUT2D eigenvalue weighted by molar-refractivity contribution is -0.142. The topological polar surface area (TPSA) is 85.6 Å². The van der Waals surface area contributed by atoms with Crippen molar-refractivity contribution in [1.29, 1.82) is 0 Å². The molecule has 1 amide bonds. The molecule has 3 heterocycles. The predicted octanol–water partition coefficient (Wildman–Crippen LogP) is 4.54. The first-order chi connectivity index (χ1) is 15.7. The van der Waals surface area contributed by atoms with Gasteiger partial charge in [0.25, 0.3) is 5.91 Å². The smallest absolute Gasteiger partial charge is 0.344 e. The Hall–Kier alpha value is -4.08. The van der Waals surface area contributed by atoms with Crippen LogP contribution in [0.15, 0.2) is 67.4 Å². The molecule has 0 aliphatic heterocycles. The molecule has 7 nitrogen and oxygen atoms in total. The third-order valence-electron chi connectivity index (χ3n) is 4.94. The number of hydrogen-bond donors (Lipinski definition) is 1. The Kier molecular flexibility index (Phi) is 5.91. The first-order valence-electron chi connectivity index (χ1n) is 9.99. The van der Waals surface area contributed by atoms with Crippen molar-refractivity contribution in [2.24, 2.45) is 0 Å². The summed E-state index contributed by atoms with van der Waals surface area (Å²) in [6.45, 7) is 3.61. The van der Waals surface area contributed by atoms with Crippen molar-refractivity contribution in [3.8, 4) is 16.9 Å². The number of amides is 1. The third kappa shape index (κ3) is 4.89. The van der Waals surface area contributed by atoms with E-state index in [-0.39, 0.29) is 11.3 Å². The molecule has 4 aromatic rings. The molecule has 10 heteroatoms. The van der Waals surface area contributed by atoms with Crippen LogP contribution in [0.1, 0.15) is 40.3 Å². The van der Waals surface area contributed by atoms with Crippen LogP contribution in [0.5, 0.6) is 0 Å². The molecule has 168 valence electrons. The van der Waals surface area contributed by atoms with E-state index >= 15 is 0 Å². The summed E-state index contributed by atoms with van der Waals surface area (Å²) >= 11 is 0. The number of aryl methyl sites for hydroxylation is 1. The molecule has 1 atom stereocenters. The number of pyridine rings is 1. The first-order valence-corrected chi connectivity index (χ1v) is 9.99. The van der Waals surface area contributed by atoms with Gasteiger partial charge in [0.05, 0.1) is 35.5 Å². The van der Waals surface area contributed by atoms with E-state index in [9.17, 15) is 18.0 Å². The fourth-order valence-electron chi connectivity index (χ4n) is 3.26. The lowest BCUT2D eigenvalue weighted by Gasteiger charge is -2.16. The van der Waals surface area contributed by atoms with Crippen molar-refractivity contribution in [1.82, 2.24) is 30.0 Å². The van der Waals surface area contributed by atoms with E-state index in [0.29, 0.717) is 17.0 Å². The summed E-state index contributed by atoms with van der Waals surface area (Å²) in [4.78, 5) is 25.5. The minimum Gasteiger partial charge on any atom is -0.344 e. The quantitative estimate of drug-likeness (QED) is 0.481. The second kappa shape index (κ2) is 8.81. The molecular formula is C23H19F3N6O. The summed E-state index contributed by atoms with van der Waals surface area (Å²) in [5, 5.41) is 6.64. The lowest BCUT2D eigenvalue weighted by Crippen LogP contribution is -2.27. The van der Waals surface area contributed by atoms with Crippen molar-refractivity contribution < 1.29 is 18.0 Å². The fraction of sp³-hybridized carbons (Fsp3) is 0.174. The van der Waals surface area contributed by atoms with Crippen molar-refractivity contribution in [3.05, 3.63) is 89.9 Å². The first kappa shape index (κ1) is 22.1. The Morgan fingerprint density at radius 3 is 2.52 bits per heavy atom. The summed E-state index contributed by atoms with van der Waals surface area (Å²) in [5.41, 5.74) is 1.77. The van der Waals surface area contributed by atoms with Crippen LogP contribution >= 0.6 is 0 Å². The van der Waals surface area contributed by atoms with E-state index in [0.717, 1.165) is 22.5 Å². The van der Waals surface area contributed by atoms with E-state index in [1.165, 1.54) is 30.7 Å². The summed E-state index contributed by atoms with van der Waals surface area (Å²) in [6.07, 6.45) is 2.66. The molecule has 0 radical (unpaired) electrons. The van der Waals surface area contributed by atoms with E-state index in [2.05, 4.69) is 25.4 Å². The van der Waals surface area contributed by atoms with E-state index < -0.39 is 23.8 Å². The maximum absolute atomic E-state index is 13.5. The van der Waals surface area contributed by atoms with Crippen LogP contribution in [0.25, 0.3) is 16.9 Å². The van der Waals surface area contributed by atoms with Crippen LogP contribution < -0.4 is 5.32 Å². The fourth-order valence-corrected chi connectivity index (χ4v) is 3.26. The van der Waals surface area contributed by atoms with Gasteiger partial charge in [-0.2, -0.15) is 18.3 Å². The zero-order chi connectivity index (χ0) is 23.6. The van der Waals surface area contributed by atoms with Crippen molar-refractivity contribution in [2.45, 2.75) is 26.1 Å². The molecule has 0 fully saturated rings. The predicted molar refractivity (Wildman–Crippen MR) is 114 cm³/mol. The molecule has 0 aliphatic carbocycles. The normalized spacial score (nSPS) is 12.4. The number of carbonyl (C=O) groups excluding carboxylic acids is 1. The van der Waals surface area contributed by atoms with E-state index in [1.54, 1.807) is 25.3 Å². The monoisotopic (exact) mass is 452 g/mol. The Labute approximate surface area is 187 Å². The van der Waals surface area contributed by atoms with Gasteiger partial charge < -0.3 is 5.32 Å². The largest absolute Gasteiger partial charge is 0.433 e. The van der Waals surface area contributed by atoms with Gasteiger partial charge in [-0.25, -0.2) is 4.68 Å². The lowest BCUT2D eigenvalue weighted by atomic mass is 10.0. The van der Waals surface area contributed by atoms with Crippen LogP contribution in [0, 0.1) is 6.92 Å². The number of aromatic nitrogens is 5. The summed E-state index contributed by atoms with van der Waals surface area (Å²) in [6, 6.07) is 8.45. The molecular weight excluding hydrogens is 433 g/mol. The Morgan fingerprint density at radius 2 is 1.85 bits per heavy atom. The van der Waals surface area contributed by atoms with Crippen LogP contribution in [0.2, 0.25) is 0 Å². The number of nitrogens with one attached hydrogen (secondary N) is 1.